The molecular formula is C14H10O. The first-order valence-electron chi connectivity index (χ1n) is 4.81. The van der Waals surface area contributed by atoms with Gasteiger partial charge in [0.1, 0.15) is 5.92 Å². The first-order valence-corrected chi connectivity index (χ1v) is 4.81. The third-order valence-electron chi connectivity index (χ3n) is 2.13. The van der Waals surface area contributed by atoms with Crippen LogP contribution in [0.3, 0.4) is 0 Å². The number of benzene rings is 1. The van der Waals surface area contributed by atoms with Gasteiger partial charge in [0, 0.05) is 5.56 Å². The fourth-order valence-electron chi connectivity index (χ4n) is 1.33. The van der Waals surface area contributed by atoms with Crippen molar-refractivity contribution in [3.05, 3.63) is 60.2 Å². The minimum absolute atomic E-state index is 0.0564. The molecule has 0 aliphatic heterocycles. The molecule has 15 heavy (non-hydrogen) atoms. The lowest BCUT2D eigenvalue weighted by Gasteiger charge is -2.02. The van der Waals surface area contributed by atoms with Crippen LogP contribution < -0.4 is 0 Å². The predicted octanol–water partition coefficient (Wildman–Crippen LogP) is 2.35. The molecule has 1 aromatic rings. The minimum Gasteiger partial charge on any atom is -0.293 e. The lowest BCUT2D eigenvalue weighted by Crippen LogP contribution is -2.08. The summed E-state index contributed by atoms with van der Waals surface area (Å²) in [5.74, 6) is 5.71. The number of carbonyl (C=O) groups excluding carboxylic acids is 1. The van der Waals surface area contributed by atoms with Crippen LogP contribution in [-0.2, 0) is 4.79 Å². The van der Waals surface area contributed by atoms with Crippen LogP contribution in [0.15, 0.2) is 54.6 Å². The first kappa shape index (κ1) is 9.48. The van der Waals surface area contributed by atoms with Gasteiger partial charge in [-0.3, -0.25) is 4.79 Å². The zero-order chi connectivity index (χ0) is 10.5. The van der Waals surface area contributed by atoms with Crippen molar-refractivity contribution >= 4 is 5.78 Å². The summed E-state index contributed by atoms with van der Waals surface area (Å²) in [6, 6.07) is 9.67. The van der Waals surface area contributed by atoms with Gasteiger partial charge < -0.3 is 0 Å². The number of ketones is 1. The van der Waals surface area contributed by atoms with Gasteiger partial charge in [0.25, 0.3) is 0 Å². The predicted molar refractivity (Wildman–Crippen MR) is 60.1 cm³/mol. The Bertz CT molecular complexity index is 469. The Kier molecular flexibility index (Phi) is 2.80. The molecule has 1 heteroatoms. The SMILES string of the molecule is O=C1C=CC=CC1C#Cc1ccccc1. The number of carbonyl (C=O) groups is 1. The Labute approximate surface area is 89.1 Å². The molecule has 0 radical (unpaired) electrons. The van der Waals surface area contributed by atoms with E-state index < -0.39 is 0 Å². The van der Waals surface area contributed by atoms with Crippen LogP contribution in [0.5, 0.6) is 0 Å². The van der Waals surface area contributed by atoms with Crippen LogP contribution in [0, 0.1) is 17.8 Å². The van der Waals surface area contributed by atoms with Crippen LogP contribution in [0.2, 0.25) is 0 Å². The van der Waals surface area contributed by atoms with Crippen molar-refractivity contribution in [1.29, 1.82) is 0 Å². The Hall–Kier alpha value is -2.07. The highest BCUT2D eigenvalue weighted by molar-refractivity contribution is 5.96. The summed E-state index contributed by atoms with van der Waals surface area (Å²) in [4.78, 5) is 11.4. The number of rotatable bonds is 0. The van der Waals surface area contributed by atoms with Crippen molar-refractivity contribution < 1.29 is 4.79 Å². The standard InChI is InChI=1S/C14H10O/c15-14-9-5-4-8-13(14)11-10-12-6-2-1-3-7-12/h1-9,13H. The molecule has 0 saturated heterocycles. The molecule has 1 aliphatic carbocycles. The summed E-state index contributed by atoms with van der Waals surface area (Å²) < 4.78 is 0. The van der Waals surface area contributed by atoms with E-state index in [9.17, 15) is 4.79 Å². The fraction of sp³-hybridized carbons (Fsp3) is 0.0714. The third kappa shape index (κ3) is 2.45. The zero-order valence-electron chi connectivity index (χ0n) is 8.18. The molecule has 0 spiro atoms. The van der Waals surface area contributed by atoms with E-state index >= 15 is 0 Å². The zero-order valence-corrected chi connectivity index (χ0v) is 8.18. The molecule has 0 aromatic heterocycles. The number of hydrogen-bond acceptors (Lipinski definition) is 1. The summed E-state index contributed by atoms with van der Waals surface area (Å²) >= 11 is 0. The van der Waals surface area contributed by atoms with Crippen molar-refractivity contribution in [1.82, 2.24) is 0 Å². The maximum atomic E-state index is 11.4. The minimum atomic E-state index is -0.282. The quantitative estimate of drug-likeness (QED) is 0.579. The van der Waals surface area contributed by atoms with Gasteiger partial charge in [0.05, 0.1) is 0 Å². The molecule has 1 aromatic carbocycles. The average Bonchev–Trinajstić information content (AvgIpc) is 2.29. The van der Waals surface area contributed by atoms with E-state index in [1.807, 2.05) is 42.5 Å². The topological polar surface area (TPSA) is 17.1 Å². The smallest absolute Gasteiger partial charge is 0.174 e. The van der Waals surface area contributed by atoms with E-state index in [0.29, 0.717) is 0 Å². The summed E-state index contributed by atoms with van der Waals surface area (Å²) in [7, 11) is 0. The molecule has 0 bridgehead atoms. The van der Waals surface area contributed by atoms with E-state index in [0.717, 1.165) is 5.56 Å². The number of allylic oxidation sites excluding steroid dienone is 4. The second kappa shape index (κ2) is 4.43. The molecule has 2 rings (SSSR count). The van der Waals surface area contributed by atoms with Crippen LogP contribution in [0.25, 0.3) is 0 Å². The van der Waals surface area contributed by atoms with E-state index in [2.05, 4.69) is 11.8 Å². The van der Waals surface area contributed by atoms with Crippen molar-refractivity contribution in [3.63, 3.8) is 0 Å². The Morgan fingerprint density at radius 1 is 1.07 bits per heavy atom. The van der Waals surface area contributed by atoms with Gasteiger partial charge in [-0.1, -0.05) is 48.3 Å². The van der Waals surface area contributed by atoms with Crippen LogP contribution in [0.4, 0.5) is 0 Å². The summed E-state index contributed by atoms with van der Waals surface area (Å²) in [6.07, 6.45) is 6.97. The highest BCUT2D eigenvalue weighted by Gasteiger charge is 2.10. The molecule has 0 saturated carbocycles. The normalized spacial score (nSPS) is 18.4. The Morgan fingerprint density at radius 3 is 2.60 bits per heavy atom. The van der Waals surface area contributed by atoms with E-state index in [1.165, 1.54) is 0 Å². The van der Waals surface area contributed by atoms with Crippen LogP contribution >= 0.6 is 0 Å². The highest BCUT2D eigenvalue weighted by Crippen LogP contribution is 2.06. The fourth-order valence-corrected chi connectivity index (χ4v) is 1.33. The molecule has 72 valence electrons. The highest BCUT2D eigenvalue weighted by atomic mass is 16.1. The van der Waals surface area contributed by atoms with E-state index in [1.54, 1.807) is 12.2 Å². The van der Waals surface area contributed by atoms with Crippen LogP contribution in [-0.4, -0.2) is 5.78 Å². The van der Waals surface area contributed by atoms with Crippen LogP contribution in [0.1, 0.15) is 5.56 Å². The first-order chi connectivity index (χ1) is 7.36. The molecule has 1 nitrogen and oxygen atoms in total. The molecule has 0 amide bonds. The Balaban J connectivity index is 2.16. The maximum Gasteiger partial charge on any atom is 0.174 e. The van der Waals surface area contributed by atoms with Crippen molar-refractivity contribution in [3.8, 4) is 11.8 Å². The van der Waals surface area contributed by atoms with Crippen molar-refractivity contribution in [2.45, 2.75) is 0 Å². The van der Waals surface area contributed by atoms with Gasteiger partial charge >= 0.3 is 0 Å². The summed E-state index contributed by atoms with van der Waals surface area (Å²) in [5.41, 5.74) is 0.938. The number of hydrogen-bond donors (Lipinski definition) is 0. The van der Waals surface area contributed by atoms with E-state index in [-0.39, 0.29) is 11.7 Å². The molecule has 1 aliphatic rings. The lowest BCUT2D eigenvalue weighted by molar-refractivity contribution is -0.115. The lowest BCUT2D eigenvalue weighted by atomic mass is 10.00. The second-order valence-electron chi connectivity index (χ2n) is 3.26. The van der Waals surface area contributed by atoms with Crippen molar-refractivity contribution in [2.75, 3.05) is 0 Å². The van der Waals surface area contributed by atoms with E-state index in [4.69, 9.17) is 0 Å². The molecule has 0 heterocycles. The maximum absolute atomic E-state index is 11.4. The summed E-state index contributed by atoms with van der Waals surface area (Å²) in [5, 5.41) is 0. The van der Waals surface area contributed by atoms with Crippen molar-refractivity contribution in [2.24, 2.45) is 5.92 Å². The van der Waals surface area contributed by atoms with Gasteiger partial charge in [-0.05, 0) is 18.2 Å². The largest absolute Gasteiger partial charge is 0.293 e. The van der Waals surface area contributed by atoms with Gasteiger partial charge in [-0.25, -0.2) is 0 Å². The van der Waals surface area contributed by atoms with Gasteiger partial charge in [-0.2, -0.15) is 0 Å². The average molecular weight is 194 g/mol. The molecule has 1 atom stereocenters. The molecule has 1 unspecified atom stereocenters. The molecule has 0 fully saturated rings. The second-order valence-corrected chi connectivity index (χ2v) is 3.26. The van der Waals surface area contributed by atoms with Gasteiger partial charge in [0.15, 0.2) is 5.78 Å². The van der Waals surface area contributed by atoms with Gasteiger partial charge in [0.2, 0.25) is 0 Å². The third-order valence-corrected chi connectivity index (χ3v) is 2.13. The Morgan fingerprint density at radius 2 is 1.87 bits per heavy atom. The molecular weight excluding hydrogens is 184 g/mol. The monoisotopic (exact) mass is 194 g/mol. The summed E-state index contributed by atoms with van der Waals surface area (Å²) in [6.45, 7) is 0. The van der Waals surface area contributed by atoms with Gasteiger partial charge in [-0.15, -0.1) is 0 Å². The molecule has 0 N–H and O–H groups in total.